The first-order chi connectivity index (χ1) is 12.7. The van der Waals surface area contributed by atoms with Crippen molar-refractivity contribution in [1.82, 2.24) is 4.90 Å². The van der Waals surface area contributed by atoms with Crippen LogP contribution in [0.2, 0.25) is 0 Å². The number of carbonyl (C=O) groups excluding carboxylic acids is 2. The van der Waals surface area contributed by atoms with Gasteiger partial charge in [-0.2, -0.15) is 0 Å². The van der Waals surface area contributed by atoms with Crippen LogP contribution in [0.4, 0.5) is 11.4 Å². The predicted octanol–water partition coefficient (Wildman–Crippen LogP) is 2.47. The Labute approximate surface area is 157 Å². The predicted molar refractivity (Wildman–Crippen MR) is 105 cm³/mol. The van der Waals surface area contributed by atoms with Gasteiger partial charge in [0.05, 0.1) is 11.4 Å². The first-order valence-corrected chi connectivity index (χ1v) is 9.81. The van der Waals surface area contributed by atoms with Gasteiger partial charge in [-0.3, -0.25) is 9.59 Å². The van der Waals surface area contributed by atoms with Gasteiger partial charge in [-0.15, -0.1) is 11.8 Å². The molecular weight excluding hydrogens is 346 g/mol. The van der Waals surface area contributed by atoms with Crippen LogP contribution in [0, 0.1) is 0 Å². The Morgan fingerprint density at radius 2 is 1.62 bits per heavy atom. The van der Waals surface area contributed by atoms with Crippen LogP contribution in [0.5, 0.6) is 0 Å². The lowest BCUT2D eigenvalue weighted by Gasteiger charge is -2.37. The van der Waals surface area contributed by atoms with Gasteiger partial charge in [0, 0.05) is 36.8 Å². The zero-order chi connectivity index (χ0) is 17.9. The largest absolute Gasteiger partial charge is 0.368 e. The van der Waals surface area contributed by atoms with E-state index in [9.17, 15) is 9.59 Å². The summed E-state index contributed by atoms with van der Waals surface area (Å²) in [7, 11) is 0. The quantitative estimate of drug-likeness (QED) is 0.836. The number of rotatable bonds is 3. The number of piperazine rings is 1. The minimum absolute atomic E-state index is 0.00460. The van der Waals surface area contributed by atoms with Gasteiger partial charge in [-0.25, -0.2) is 0 Å². The zero-order valence-corrected chi connectivity index (χ0v) is 15.3. The minimum Gasteiger partial charge on any atom is -0.368 e. The van der Waals surface area contributed by atoms with Crippen molar-refractivity contribution in [3.05, 3.63) is 54.6 Å². The van der Waals surface area contributed by atoms with E-state index in [4.69, 9.17) is 0 Å². The molecule has 134 valence electrons. The monoisotopic (exact) mass is 367 g/mol. The lowest BCUT2D eigenvalue weighted by molar-refractivity contribution is -0.131. The van der Waals surface area contributed by atoms with Gasteiger partial charge in [-0.1, -0.05) is 30.3 Å². The fourth-order valence-electron chi connectivity index (χ4n) is 3.42. The van der Waals surface area contributed by atoms with E-state index in [1.807, 2.05) is 47.4 Å². The van der Waals surface area contributed by atoms with Gasteiger partial charge < -0.3 is 14.7 Å². The average Bonchev–Trinajstić information content (AvgIpc) is 2.71. The molecule has 0 radical (unpaired) electrons. The van der Waals surface area contributed by atoms with Gasteiger partial charge in [0.2, 0.25) is 11.8 Å². The highest BCUT2D eigenvalue weighted by Crippen LogP contribution is 2.34. The van der Waals surface area contributed by atoms with Gasteiger partial charge in [0.1, 0.15) is 6.54 Å². The molecule has 0 bridgehead atoms. The van der Waals surface area contributed by atoms with E-state index in [1.165, 1.54) is 17.4 Å². The number of hydrogen-bond donors (Lipinski definition) is 0. The molecule has 2 aliphatic rings. The number of hydrogen-bond acceptors (Lipinski definition) is 4. The highest BCUT2D eigenvalue weighted by Gasteiger charge is 2.29. The summed E-state index contributed by atoms with van der Waals surface area (Å²) in [6.07, 6.45) is 0. The van der Waals surface area contributed by atoms with E-state index in [0.29, 0.717) is 18.8 Å². The molecule has 0 unspecified atom stereocenters. The van der Waals surface area contributed by atoms with Crippen LogP contribution in [-0.2, 0) is 9.59 Å². The van der Waals surface area contributed by atoms with Crippen molar-refractivity contribution < 1.29 is 9.59 Å². The molecule has 2 aromatic rings. The van der Waals surface area contributed by atoms with E-state index in [1.54, 1.807) is 4.90 Å². The third-order valence-corrected chi connectivity index (χ3v) is 5.90. The van der Waals surface area contributed by atoms with E-state index >= 15 is 0 Å². The summed E-state index contributed by atoms with van der Waals surface area (Å²) in [6.45, 7) is 3.13. The van der Waals surface area contributed by atoms with Crippen molar-refractivity contribution >= 4 is 35.0 Å². The SMILES string of the molecule is O=C(CN1C(=O)CSc2ccccc21)N1CCN(c2ccccc2)CC1. The Kier molecular flexibility index (Phi) is 4.84. The molecule has 1 saturated heterocycles. The molecule has 0 aliphatic carbocycles. The summed E-state index contributed by atoms with van der Waals surface area (Å²) in [6, 6.07) is 18.1. The molecule has 1 fully saturated rings. The number of fused-ring (bicyclic) bond motifs is 1. The van der Waals surface area contributed by atoms with Gasteiger partial charge in [0.25, 0.3) is 0 Å². The number of anilines is 2. The number of benzene rings is 2. The van der Waals surface area contributed by atoms with Crippen molar-refractivity contribution in [1.29, 1.82) is 0 Å². The number of thioether (sulfide) groups is 1. The van der Waals surface area contributed by atoms with Crippen molar-refractivity contribution in [2.24, 2.45) is 0 Å². The van der Waals surface area contributed by atoms with Crippen LogP contribution in [0.15, 0.2) is 59.5 Å². The van der Waals surface area contributed by atoms with Crippen molar-refractivity contribution in [2.75, 3.05) is 48.3 Å². The van der Waals surface area contributed by atoms with E-state index in [0.717, 1.165) is 23.7 Å². The number of para-hydroxylation sites is 2. The van der Waals surface area contributed by atoms with Crippen LogP contribution >= 0.6 is 11.8 Å². The van der Waals surface area contributed by atoms with Crippen molar-refractivity contribution in [3.8, 4) is 0 Å². The Bertz CT molecular complexity index is 804. The van der Waals surface area contributed by atoms with E-state index in [2.05, 4.69) is 17.0 Å². The number of carbonyl (C=O) groups is 2. The van der Waals surface area contributed by atoms with Crippen LogP contribution in [-0.4, -0.2) is 55.2 Å². The molecule has 0 saturated carbocycles. The first kappa shape index (κ1) is 17.0. The van der Waals surface area contributed by atoms with Crippen LogP contribution in [0.3, 0.4) is 0 Å². The molecule has 0 spiro atoms. The number of nitrogens with zero attached hydrogens (tertiary/aromatic N) is 3. The second-order valence-corrected chi connectivity index (χ2v) is 7.46. The van der Waals surface area contributed by atoms with E-state index in [-0.39, 0.29) is 18.4 Å². The molecule has 4 rings (SSSR count). The summed E-state index contributed by atoms with van der Waals surface area (Å²) >= 11 is 1.54. The molecule has 26 heavy (non-hydrogen) atoms. The molecule has 5 nitrogen and oxygen atoms in total. The minimum atomic E-state index is 0.00460. The lowest BCUT2D eigenvalue weighted by atomic mass is 10.2. The lowest BCUT2D eigenvalue weighted by Crippen LogP contribution is -2.52. The molecule has 0 N–H and O–H groups in total. The summed E-state index contributed by atoms with van der Waals surface area (Å²) in [5.41, 5.74) is 2.04. The zero-order valence-electron chi connectivity index (χ0n) is 14.5. The van der Waals surface area contributed by atoms with Gasteiger partial charge in [-0.05, 0) is 24.3 Å². The molecule has 2 aliphatic heterocycles. The fourth-order valence-corrected chi connectivity index (χ4v) is 4.35. The smallest absolute Gasteiger partial charge is 0.242 e. The Balaban J connectivity index is 1.40. The molecule has 0 atom stereocenters. The summed E-state index contributed by atoms with van der Waals surface area (Å²) in [5.74, 6) is 0.421. The highest BCUT2D eigenvalue weighted by molar-refractivity contribution is 8.00. The molecule has 6 heteroatoms. The van der Waals surface area contributed by atoms with Crippen LogP contribution < -0.4 is 9.80 Å². The topological polar surface area (TPSA) is 43.9 Å². The van der Waals surface area contributed by atoms with E-state index < -0.39 is 0 Å². The molecule has 2 aromatic carbocycles. The van der Waals surface area contributed by atoms with Gasteiger partial charge in [0.15, 0.2) is 0 Å². The highest BCUT2D eigenvalue weighted by atomic mass is 32.2. The molecular formula is C20H21N3O2S. The second-order valence-electron chi connectivity index (χ2n) is 6.44. The summed E-state index contributed by atoms with van der Waals surface area (Å²) in [5, 5.41) is 0. The Morgan fingerprint density at radius 1 is 0.923 bits per heavy atom. The first-order valence-electron chi connectivity index (χ1n) is 8.82. The molecule has 2 amide bonds. The average molecular weight is 367 g/mol. The Morgan fingerprint density at radius 3 is 2.38 bits per heavy atom. The molecule has 0 aromatic heterocycles. The normalized spacial score (nSPS) is 17.2. The molecule has 2 heterocycles. The number of amides is 2. The maximum atomic E-state index is 12.8. The van der Waals surface area contributed by atoms with Gasteiger partial charge >= 0.3 is 0 Å². The van der Waals surface area contributed by atoms with Crippen molar-refractivity contribution in [2.45, 2.75) is 4.90 Å². The maximum Gasteiger partial charge on any atom is 0.242 e. The Hall–Kier alpha value is -2.47. The maximum absolute atomic E-state index is 12.8. The van der Waals surface area contributed by atoms with Crippen LogP contribution in [0.1, 0.15) is 0 Å². The van der Waals surface area contributed by atoms with Crippen molar-refractivity contribution in [3.63, 3.8) is 0 Å². The summed E-state index contributed by atoms with van der Waals surface area (Å²) in [4.78, 5) is 32.0. The second kappa shape index (κ2) is 7.41. The van der Waals surface area contributed by atoms with Crippen LogP contribution in [0.25, 0.3) is 0 Å². The fraction of sp³-hybridized carbons (Fsp3) is 0.300. The summed E-state index contributed by atoms with van der Waals surface area (Å²) < 4.78 is 0. The third-order valence-electron chi connectivity index (χ3n) is 4.86. The standard InChI is InChI=1S/C20H21N3O2S/c24-19(14-23-17-8-4-5-9-18(17)26-15-20(23)25)22-12-10-21(11-13-22)16-6-2-1-3-7-16/h1-9H,10-15H2. The third kappa shape index (κ3) is 3.42.